The highest BCUT2D eigenvalue weighted by molar-refractivity contribution is 5.77. The molecule has 0 bridgehead atoms. The minimum absolute atomic E-state index is 0.282. The van der Waals surface area contributed by atoms with Crippen LogP contribution in [0.15, 0.2) is 4.99 Å². The molecule has 4 heteroatoms. The van der Waals surface area contributed by atoms with Crippen molar-refractivity contribution in [3.8, 4) is 0 Å². The lowest BCUT2D eigenvalue weighted by molar-refractivity contribution is -0.0290. The van der Waals surface area contributed by atoms with E-state index in [1.54, 1.807) is 13.8 Å². The fourth-order valence-electron chi connectivity index (χ4n) is 1.48. The fourth-order valence-corrected chi connectivity index (χ4v) is 1.48. The van der Waals surface area contributed by atoms with Crippen LogP contribution in [0.3, 0.4) is 0 Å². The van der Waals surface area contributed by atoms with Crippen LogP contribution in [0.4, 0.5) is 0 Å². The number of nitrogens with one attached hydrogen (secondary N) is 1. The largest absolute Gasteiger partial charge is 0.390 e. The maximum atomic E-state index is 9.99. The van der Waals surface area contributed by atoms with Crippen LogP contribution in [-0.4, -0.2) is 29.8 Å². The maximum absolute atomic E-state index is 9.99. The molecule has 4 N–H and O–H groups in total. The van der Waals surface area contributed by atoms with E-state index in [2.05, 4.69) is 10.3 Å². The Morgan fingerprint density at radius 2 is 1.94 bits per heavy atom. The summed E-state index contributed by atoms with van der Waals surface area (Å²) < 4.78 is 0. The van der Waals surface area contributed by atoms with Gasteiger partial charge in [-0.05, 0) is 32.6 Å². The molecule has 100 valence electrons. The van der Waals surface area contributed by atoms with Gasteiger partial charge in [-0.1, -0.05) is 20.3 Å². The Hall–Kier alpha value is -0.770. The molecule has 1 saturated carbocycles. The van der Waals surface area contributed by atoms with Crippen molar-refractivity contribution in [2.75, 3.05) is 13.1 Å². The molecular weight excluding hydrogens is 214 g/mol. The van der Waals surface area contributed by atoms with Gasteiger partial charge in [0.2, 0.25) is 0 Å². The van der Waals surface area contributed by atoms with Gasteiger partial charge in [0.25, 0.3) is 0 Å². The summed E-state index contributed by atoms with van der Waals surface area (Å²) in [6.07, 6.45) is 3.94. The van der Waals surface area contributed by atoms with Gasteiger partial charge in [-0.25, -0.2) is 0 Å². The van der Waals surface area contributed by atoms with Crippen LogP contribution >= 0.6 is 0 Å². The van der Waals surface area contributed by atoms with Crippen molar-refractivity contribution < 1.29 is 5.11 Å². The van der Waals surface area contributed by atoms with Gasteiger partial charge in [-0.2, -0.15) is 0 Å². The molecule has 0 aromatic carbocycles. The van der Waals surface area contributed by atoms with E-state index >= 15 is 0 Å². The van der Waals surface area contributed by atoms with E-state index in [0.717, 1.165) is 12.5 Å². The maximum Gasteiger partial charge on any atom is 0.188 e. The number of guanidine groups is 1. The van der Waals surface area contributed by atoms with E-state index in [0.29, 0.717) is 12.5 Å². The van der Waals surface area contributed by atoms with Crippen molar-refractivity contribution in [3.63, 3.8) is 0 Å². The van der Waals surface area contributed by atoms with E-state index in [4.69, 9.17) is 5.73 Å². The summed E-state index contributed by atoms with van der Waals surface area (Å²) in [5.74, 6) is 1.26. The standard InChI is InChI=1S/C13H27N3O/c1-12(2,13(3,4)17)9-16-11(14)15-8-10-6-5-7-10/h10,17H,5-9H2,1-4H3,(H3,14,15,16). The molecule has 17 heavy (non-hydrogen) atoms. The molecule has 0 amide bonds. The van der Waals surface area contributed by atoms with Gasteiger partial charge in [0.1, 0.15) is 0 Å². The molecule has 0 saturated heterocycles. The molecule has 0 atom stereocenters. The minimum atomic E-state index is -0.759. The lowest BCUT2D eigenvalue weighted by atomic mass is 9.77. The quantitative estimate of drug-likeness (QED) is 0.504. The molecule has 0 aromatic heterocycles. The van der Waals surface area contributed by atoms with Crippen LogP contribution < -0.4 is 11.1 Å². The molecular formula is C13H27N3O. The number of aliphatic hydroxyl groups is 1. The van der Waals surface area contributed by atoms with Gasteiger partial charge in [0.05, 0.1) is 12.1 Å². The summed E-state index contributed by atoms with van der Waals surface area (Å²) in [7, 11) is 0. The third kappa shape index (κ3) is 4.19. The molecule has 1 aliphatic carbocycles. The average molecular weight is 241 g/mol. The van der Waals surface area contributed by atoms with Crippen molar-refractivity contribution >= 4 is 5.96 Å². The predicted molar refractivity (Wildman–Crippen MR) is 71.9 cm³/mol. The number of hydrogen-bond acceptors (Lipinski definition) is 2. The van der Waals surface area contributed by atoms with Crippen molar-refractivity contribution in [1.82, 2.24) is 5.32 Å². The van der Waals surface area contributed by atoms with Crippen LogP contribution in [0, 0.1) is 11.3 Å². The first-order valence-corrected chi connectivity index (χ1v) is 6.48. The average Bonchev–Trinajstić information content (AvgIpc) is 2.10. The van der Waals surface area contributed by atoms with Gasteiger partial charge in [0.15, 0.2) is 5.96 Å². The normalized spacial score (nSPS) is 19.0. The van der Waals surface area contributed by atoms with Crippen LogP contribution in [0.2, 0.25) is 0 Å². The highest BCUT2D eigenvalue weighted by Crippen LogP contribution is 2.30. The van der Waals surface area contributed by atoms with E-state index in [-0.39, 0.29) is 5.41 Å². The predicted octanol–water partition coefficient (Wildman–Crippen LogP) is 1.49. The lowest BCUT2D eigenvalue weighted by Crippen LogP contribution is -2.43. The first-order valence-electron chi connectivity index (χ1n) is 6.48. The smallest absolute Gasteiger partial charge is 0.188 e. The molecule has 0 unspecified atom stereocenters. The molecule has 0 heterocycles. The summed E-state index contributed by atoms with van der Waals surface area (Å²) in [6.45, 7) is 9.06. The highest BCUT2D eigenvalue weighted by atomic mass is 16.3. The van der Waals surface area contributed by atoms with E-state index in [9.17, 15) is 5.11 Å². The summed E-state index contributed by atoms with van der Waals surface area (Å²) in [4.78, 5) is 4.32. The number of rotatable bonds is 5. The van der Waals surface area contributed by atoms with Crippen LogP contribution in [0.25, 0.3) is 0 Å². The Morgan fingerprint density at radius 3 is 2.35 bits per heavy atom. The second-order valence-corrected chi connectivity index (χ2v) is 6.32. The fraction of sp³-hybridized carbons (Fsp3) is 0.923. The van der Waals surface area contributed by atoms with Crippen LogP contribution in [0.5, 0.6) is 0 Å². The van der Waals surface area contributed by atoms with Crippen molar-refractivity contribution in [3.05, 3.63) is 0 Å². The number of aliphatic imine (C=N–C) groups is 1. The molecule has 1 fully saturated rings. The molecule has 1 aliphatic rings. The summed E-state index contributed by atoms with van der Waals surface area (Å²) in [5.41, 5.74) is 4.77. The minimum Gasteiger partial charge on any atom is -0.390 e. The Labute approximate surface area is 105 Å². The number of hydrogen-bond donors (Lipinski definition) is 3. The second-order valence-electron chi connectivity index (χ2n) is 6.32. The van der Waals surface area contributed by atoms with Gasteiger partial charge in [-0.15, -0.1) is 0 Å². The zero-order valence-corrected chi connectivity index (χ0v) is 11.6. The Kier molecular flexibility index (Phi) is 4.42. The van der Waals surface area contributed by atoms with Gasteiger partial charge in [-0.3, -0.25) is 4.99 Å². The Bertz CT molecular complexity index is 275. The zero-order valence-electron chi connectivity index (χ0n) is 11.6. The number of nitrogens with two attached hydrogens (primary N) is 1. The summed E-state index contributed by atoms with van der Waals surface area (Å²) >= 11 is 0. The summed E-state index contributed by atoms with van der Waals surface area (Å²) in [5, 5.41) is 13.1. The molecule has 4 nitrogen and oxygen atoms in total. The topological polar surface area (TPSA) is 70.6 Å². The van der Waals surface area contributed by atoms with Crippen LogP contribution in [0.1, 0.15) is 47.0 Å². The van der Waals surface area contributed by atoms with Crippen molar-refractivity contribution in [2.45, 2.75) is 52.6 Å². The number of nitrogens with zero attached hydrogens (tertiary/aromatic N) is 1. The third-order valence-corrected chi connectivity index (χ3v) is 4.10. The van der Waals surface area contributed by atoms with Crippen molar-refractivity contribution in [2.24, 2.45) is 22.1 Å². The first-order chi connectivity index (χ1) is 7.72. The van der Waals surface area contributed by atoms with Crippen molar-refractivity contribution in [1.29, 1.82) is 0 Å². The molecule has 0 aromatic rings. The first kappa shape index (κ1) is 14.3. The van der Waals surface area contributed by atoms with Gasteiger partial charge in [0, 0.05) is 12.0 Å². The zero-order chi connectivity index (χ0) is 13.1. The van der Waals surface area contributed by atoms with Crippen LogP contribution in [-0.2, 0) is 0 Å². The monoisotopic (exact) mass is 241 g/mol. The lowest BCUT2D eigenvalue weighted by Gasteiger charge is -2.36. The molecule has 1 rings (SSSR count). The van der Waals surface area contributed by atoms with Gasteiger partial charge < -0.3 is 16.2 Å². The third-order valence-electron chi connectivity index (χ3n) is 4.10. The second kappa shape index (κ2) is 5.25. The van der Waals surface area contributed by atoms with E-state index in [1.165, 1.54) is 19.3 Å². The molecule has 0 aliphatic heterocycles. The Balaban J connectivity index is 2.35. The summed E-state index contributed by atoms with van der Waals surface area (Å²) in [6, 6.07) is 0. The van der Waals surface area contributed by atoms with E-state index < -0.39 is 5.60 Å². The highest BCUT2D eigenvalue weighted by Gasteiger charge is 2.34. The SMILES string of the molecule is CC(C)(O)C(C)(C)CN=C(N)NCC1CCC1. The Morgan fingerprint density at radius 1 is 1.35 bits per heavy atom. The van der Waals surface area contributed by atoms with E-state index in [1.807, 2.05) is 13.8 Å². The molecule has 0 radical (unpaired) electrons. The van der Waals surface area contributed by atoms with Gasteiger partial charge >= 0.3 is 0 Å². The molecule has 0 spiro atoms.